The fourth-order valence-corrected chi connectivity index (χ4v) is 3.12. The Hall–Kier alpha value is -3.36. The van der Waals surface area contributed by atoms with Crippen molar-refractivity contribution in [3.8, 4) is 0 Å². The van der Waals surface area contributed by atoms with Crippen molar-refractivity contribution in [2.24, 2.45) is 5.92 Å². The van der Waals surface area contributed by atoms with Crippen molar-refractivity contribution in [2.45, 2.75) is 26.4 Å². The number of rotatable bonds is 6. The molecular formula is C20H24N4O5. The van der Waals surface area contributed by atoms with Crippen molar-refractivity contribution < 1.29 is 24.2 Å². The predicted molar refractivity (Wildman–Crippen MR) is 104 cm³/mol. The molecule has 1 saturated heterocycles. The lowest BCUT2D eigenvalue weighted by Crippen LogP contribution is -2.41. The quantitative estimate of drug-likeness (QED) is 0.683. The summed E-state index contributed by atoms with van der Waals surface area (Å²) in [5, 5.41) is 17.6. The van der Waals surface area contributed by atoms with E-state index < -0.39 is 11.9 Å². The first-order valence-electron chi connectivity index (χ1n) is 9.46. The Morgan fingerprint density at radius 3 is 2.55 bits per heavy atom. The van der Waals surface area contributed by atoms with Gasteiger partial charge in [0.05, 0.1) is 0 Å². The molecule has 2 aromatic rings. The monoisotopic (exact) mass is 400 g/mol. The number of nitrogens with zero attached hydrogens (tertiary/aromatic N) is 2. The van der Waals surface area contributed by atoms with Gasteiger partial charge in [-0.2, -0.15) is 5.10 Å². The maximum absolute atomic E-state index is 12.2. The molecule has 0 radical (unpaired) electrons. The molecule has 1 aliphatic heterocycles. The van der Waals surface area contributed by atoms with Gasteiger partial charge < -0.3 is 20.1 Å². The number of aryl methyl sites for hydroxylation is 1. The molecule has 9 nitrogen and oxygen atoms in total. The zero-order valence-corrected chi connectivity index (χ0v) is 16.2. The number of benzene rings is 1. The first kappa shape index (κ1) is 20.4. The van der Waals surface area contributed by atoms with E-state index in [1.54, 1.807) is 4.90 Å². The third-order valence-electron chi connectivity index (χ3n) is 4.95. The second-order valence-electron chi connectivity index (χ2n) is 7.15. The third kappa shape index (κ3) is 5.56. The van der Waals surface area contributed by atoms with Crippen molar-refractivity contribution in [1.29, 1.82) is 0 Å². The van der Waals surface area contributed by atoms with Crippen LogP contribution >= 0.6 is 0 Å². The van der Waals surface area contributed by atoms with Crippen LogP contribution in [0.15, 0.2) is 30.3 Å². The molecule has 0 saturated carbocycles. The molecule has 0 atom stereocenters. The molecule has 0 unspecified atom stereocenters. The number of aromatic nitrogens is 2. The topological polar surface area (TPSA) is 125 Å². The van der Waals surface area contributed by atoms with E-state index in [1.165, 1.54) is 6.07 Å². The summed E-state index contributed by atoms with van der Waals surface area (Å²) in [5.41, 5.74) is 2.02. The summed E-state index contributed by atoms with van der Waals surface area (Å²) >= 11 is 0. The van der Waals surface area contributed by atoms with Gasteiger partial charge in [0.15, 0.2) is 5.69 Å². The maximum atomic E-state index is 12.2. The molecule has 1 aromatic heterocycles. The van der Waals surface area contributed by atoms with Crippen LogP contribution in [0.2, 0.25) is 0 Å². The number of amides is 2. The number of ether oxygens (including phenoxy) is 1. The Kier molecular flexibility index (Phi) is 6.48. The van der Waals surface area contributed by atoms with Crippen LogP contribution in [0.5, 0.6) is 0 Å². The molecule has 0 bridgehead atoms. The van der Waals surface area contributed by atoms with E-state index >= 15 is 0 Å². The second kappa shape index (κ2) is 9.22. The number of carbonyl (C=O) groups excluding carboxylic acids is 2. The van der Waals surface area contributed by atoms with Crippen molar-refractivity contribution >= 4 is 18.0 Å². The molecule has 0 aliphatic carbocycles. The fourth-order valence-electron chi connectivity index (χ4n) is 3.12. The van der Waals surface area contributed by atoms with Gasteiger partial charge >= 0.3 is 12.1 Å². The predicted octanol–water partition coefficient (Wildman–Crippen LogP) is 2.19. The summed E-state index contributed by atoms with van der Waals surface area (Å²) < 4.78 is 5.38. The summed E-state index contributed by atoms with van der Waals surface area (Å²) in [5.74, 6) is -1.36. The Balaban J connectivity index is 1.38. The van der Waals surface area contributed by atoms with Gasteiger partial charge in [-0.05, 0) is 31.2 Å². The first-order chi connectivity index (χ1) is 13.9. The minimum absolute atomic E-state index is 0.0412. The highest BCUT2D eigenvalue weighted by atomic mass is 16.6. The van der Waals surface area contributed by atoms with Gasteiger partial charge in [-0.3, -0.25) is 9.89 Å². The summed E-state index contributed by atoms with van der Waals surface area (Å²) in [6.07, 6.45) is 1.17. The zero-order valence-electron chi connectivity index (χ0n) is 16.2. The van der Waals surface area contributed by atoms with E-state index in [0.717, 1.165) is 24.0 Å². The van der Waals surface area contributed by atoms with Gasteiger partial charge in [-0.25, -0.2) is 9.59 Å². The van der Waals surface area contributed by atoms with Gasteiger partial charge in [-0.15, -0.1) is 0 Å². The highest BCUT2D eigenvalue weighted by Gasteiger charge is 2.24. The number of aromatic carboxylic acids is 1. The average Bonchev–Trinajstić information content (AvgIpc) is 3.22. The lowest BCUT2D eigenvalue weighted by atomic mass is 9.97. The number of hydrogen-bond donors (Lipinski definition) is 3. The van der Waals surface area contributed by atoms with Crippen molar-refractivity contribution in [1.82, 2.24) is 20.4 Å². The number of likely N-dealkylation sites (tertiary alicyclic amines) is 1. The number of hydrogen-bond acceptors (Lipinski definition) is 5. The Bertz CT molecular complexity index is 869. The second-order valence-corrected chi connectivity index (χ2v) is 7.15. The molecule has 29 heavy (non-hydrogen) atoms. The maximum Gasteiger partial charge on any atom is 0.410 e. The number of nitrogens with one attached hydrogen (secondary N) is 2. The molecule has 1 aliphatic rings. The van der Waals surface area contributed by atoms with E-state index in [0.29, 0.717) is 19.6 Å². The highest BCUT2D eigenvalue weighted by molar-refractivity contribution is 5.95. The standard InChI is InChI=1S/C20H24N4O5/c1-13-2-4-15(5-3-13)12-29-20(28)24-8-6-14(7-9-24)11-21-18(25)16-10-17(19(26)27)23-22-16/h2-5,10,14H,6-9,11-12H2,1H3,(H,21,25)(H,22,23)(H,26,27). The molecular weight excluding hydrogens is 376 g/mol. The zero-order chi connectivity index (χ0) is 20.8. The molecule has 3 N–H and O–H groups in total. The van der Waals surface area contributed by atoms with Crippen molar-refractivity contribution in [2.75, 3.05) is 19.6 Å². The Morgan fingerprint density at radius 2 is 1.93 bits per heavy atom. The summed E-state index contributed by atoms with van der Waals surface area (Å²) in [4.78, 5) is 36.8. The van der Waals surface area contributed by atoms with E-state index in [2.05, 4.69) is 15.5 Å². The van der Waals surface area contributed by atoms with Crippen LogP contribution in [0.25, 0.3) is 0 Å². The van der Waals surface area contributed by atoms with Crippen LogP contribution in [0.3, 0.4) is 0 Å². The highest BCUT2D eigenvalue weighted by Crippen LogP contribution is 2.18. The number of carboxylic acids is 1. The number of carboxylic acid groups (broad SMARTS) is 1. The normalized spacial score (nSPS) is 14.4. The molecule has 154 valence electrons. The molecule has 0 spiro atoms. The molecule has 2 amide bonds. The van der Waals surface area contributed by atoms with Crippen LogP contribution in [0.4, 0.5) is 4.79 Å². The fraction of sp³-hybridized carbons (Fsp3) is 0.400. The molecule has 9 heteroatoms. The largest absolute Gasteiger partial charge is 0.477 e. The minimum atomic E-state index is -1.17. The van der Waals surface area contributed by atoms with Crippen LogP contribution < -0.4 is 5.32 Å². The van der Waals surface area contributed by atoms with Gasteiger partial charge in [0.2, 0.25) is 0 Å². The van der Waals surface area contributed by atoms with Gasteiger partial charge in [0.25, 0.3) is 5.91 Å². The number of aromatic amines is 1. The number of piperidine rings is 1. The molecule has 3 rings (SSSR count). The van der Waals surface area contributed by atoms with Gasteiger partial charge in [0, 0.05) is 25.7 Å². The molecule has 1 aromatic carbocycles. The van der Waals surface area contributed by atoms with Gasteiger partial charge in [0.1, 0.15) is 12.3 Å². The van der Waals surface area contributed by atoms with Crippen molar-refractivity contribution in [3.05, 3.63) is 52.8 Å². The summed E-state index contributed by atoms with van der Waals surface area (Å²) in [7, 11) is 0. The lowest BCUT2D eigenvalue weighted by molar-refractivity contribution is 0.0690. The van der Waals surface area contributed by atoms with Crippen LogP contribution in [0.1, 0.15) is 44.9 Å². The SMILES string of the molecule is Cc1ccc(COC(=O)N2CCC(CNC(=O)c3cc(C(=O)O)[nH]n3)CC2)cc1. The third-order valence-corrected chi connectivity index (χ3v) is 4.95. The van der Waals surface area contributed by atoms with E-state index in [-0.39, 0.29) is 30.0 Å². The number of carbonyl (C=O) groups is 3. The minimum Gasteiger partial charge on any atom is -0.477 e. The molecule has 2 heterocycles. The smallest absolute Gasteiger partial charge is 0.410 e. The van der Waals surface area contributed by atoms with E-state index in [4.69, 9.17) is 9.84 Å². The Labute approximate surface area is 168 Å². The summed E-state index contributed by atoms with van der Waals surface area (Å²) in [6.45, 7) is 3.83. The van der Waals surface area contributed by atoms with Crippen molar-refractivity contribution in [3.63, 3.8) is 0 Å². The van der Waals surface area contributed by atoms with Crippen LogP contribution in [0, 0.1) is 12.8 Å². The van der Waals surface area contributed by atoms with Crippen LogP contribution in [-0.4, -0.2) is 57.8 Å². The summed E-state index contributed by atoms with van der Waals surface area (Å²) in [6, 6.07) is 9.04. The van der Waals surface area contributed by atoms with Crippen LogP contribution in [-0.2, 0) is 11.3 Å². The van der Waals surface area contributed by atoms with E-state index in [1.807, 2.05) is 31.2 Å². The molecule has 1 fully saturated rings. The first-order valence-corrected chi connectivity index (χ1v) is 9.46. The van der Waals surface area contributed by atoms with E-state index in [9.17, 15) is 14.4 Å². The Morgan fingerprint density at radius 1 is 1.24 bits per heavy atom. The lowest BCUT2D eigenvalue weighted by Gasteiger charge is -2.31. The average molecular weight is 400 g/mol. The number of H-pyrrole nitrogens is 1. The van der Waals surface area contributed by atoms with Gasteiger partial charge in [-0.1, -0.05) is 29.8 Å².